The van der Waals surface area contributed by atoms with Crippen LogP contribution >= 0.6 is 0 Å². The molecule has 21 heavy (non-hydrogen) atoms. The first kappa shape index (κ1) is 15.7. The average molecular weight is 283 g/mol. The van der Waals surface area contributed by atoms with E-state index in [1.807, 2.05) is 6.07 Å². The maximum absolute atomic E-state index is 5.80. The number of nitrogens with zero attached hydrogens (tertiary/aromatic N) is 1. The summed E-state index contributed by atoms with van der Waals surface area (Å²) >= 11 is 0. The molecule has 2 aromatic carbocycles. The lowest BCUT2D eigenvalue weighted by molar-refractivity contribution is 0.138. The molecule has 2 rings (SSSR count). The van der Waals surface area contributed by atoms with Gasteiger partial charge in [-0.05, 0) is 44.6 Å². The van der Waals surface area contributed by atoms with Crippen molar-refractivity contribution in [3.05, 3.63) is 60.2 Å². The summed E-state index contributed by atoms with van der Waals surface area (Å²) in [6, 6.07) is 19.1. The summed E-state index contributed by atoms with van der Waals surface area (Å²) in [4.78, 5) is 2.18. The lowest BCUT2D eigenvalue weighted by atomic mass is 9.87. The number of rotatable bonds is 5. The van der Waals surface area contributed by atoms with Crippen molar-refractivity contribution in [3.8, 4) is 11.1 Å². The lowest BCUT2D eigenvalue weighted by Gasteiger charge is -2.40. The SMILES string of the molecule is CN(C)C(C)(C)C(NN)c1ccc(-c2ccccc2)cc1. The predicted octanol–water partition coefficient (Wildman–Crippen LogP) is 3.20. The van der Waals surface area contributed by atoms with Crippen molar-refractivity contribution in [2.24, 2.45) is 5.84 Å². The molecule has 0 bridgehead atoms. The van der Waals surface area contributed by atoms with Crippen molar-refractivity contribution in [1.82, 2.24) is 10.3 Å². The van der Waals surface area contributed by atoms with Gasteiger partial charge < -0.3 is 4.90 Å². The summed E-state index contributed by atoms with van der Waals surface area (Å²) < 4.78 is 0. The molecule has 0 aliphatic heterocycles. The van der Waals surface area contributed by atoms with Gasteiger partial charge in [0, 0.05) is 5.54 Å². The van der Waals surface area contributed by atoms with Crippen LogP contribution in [0.25, 0.3) is 11.1 Å². The van der Waals surface area contributed by atoms with Crippen LogP contribution in [0.2, 0.25) is 0 Å². The highest BCUT2D eigenvalue weighted by atomic mass is 15.3. The van der Waals surface area contributed by atoms with Crippen LogP contribution in [-0.2, 0) is 0 Å². The third kappa shape index (κ3) is 3.32. The average Bonchev–Trinajstić information content (AvgIpc) is 2.49. The van der Waals surface area contributed by atoms with Crippen molar-refractivity contribution >= 4 is 0 Å². The maximum Gasteiger partial charge on any atom is 0.0638 e. The molecule has 0 aliphatic rings. The molecule has 112 valence electrons. The molecule has 3 heteroatoms. The fourth-order valence-corrected chi connectivity index (χ4v) is 2.46. The fraction of sp³-hybridized carbons (Fsp3) is 0.333. The lowest BCUT2D eigenvalue weighted by Crippen LogP contribution is -2.51. The minimum absolute atomic E-state index is 0.0670. The van der Waals surface area contributed by atoms with Gasteiger partial charge in [-0.2, -0.15) is 0 Å². The molecule has 0 fully saturated rings. The molecule has 0 aliphatic carbocycles. The molecular formula is C18H25N3. The summed E-state index contributed by atoms with van der Waals surface area (Å²) in [7, 11) is 4.14. The highest BCUT2D eigenvalue weighted by Gasteiger charge is 2.31. The first-order valence-electron chi connectivity index (χ1n) is 7.25. The van der Waals surface area contributed by atoms with E-state index in [-0.39, 0.29) is 11.6 Å². The molecule has 0 amide bonds. The first-order chi connectivity index (χ1) is 9.96. The van der Waals surface area contributed by atoms with Crippen molar-refractivity contribution in [1.29, 1.82) is 0 Å². The Balaban J connectivity index is 2.29. The molecule has 0 spiro atoms. The van der Waals surface area contributed by atoms with E-state index in [4.69, 9.17) is 5.84 Å². The third-order valence-corrected chi connectivity index (χ3v) is 4.38. The molecule has 1 unspecified atom stereocenters. The maximum atomic E-state index is 5.80. The second-order valence-electron chi connectivity index (χ2n) is 6.14. The van der Waals surface area contributed by atoms with E-state index in [1.54, 1.807) is 0 Å². The van der Waals surface area contributed by atoms with E-state index in [0.29, 0.717) is 0 Å². The topological polar surface area (TPSA) is 41.3 Å². The van der Waals surface area contributed by atoms with E-state index in [0.717, 1.165) is 0 Å². The summed E-state index contributed by atoms with van der Waals surface area (Å²) in [5.74, 6) is 5.80. The number of hydrazine groups is 1. The van der Waals surface area contributed by atoms with Gasteiger partial charge in [0.15, 0.2) is 0 Å². The summed E-state index contributed by atoms with van der Waals surface area (Å²) in [6.07, 6.45) is 0. The van der Waals surface area contributed by atoms with E-state index in [9.17, 15) is 0 Å². The Morgan fingerprint density at radius 1 is 0.905 bits per heavy atom. The van der Waals surface area contributed by atoms with Gasteiger partial charge in [-0.1, -0.05) is 54.6 Å². The molecule has 0 saturated heterocycles. The number of hydrogen-bond acceptors (Lipinski definition) is 3. The Kier molecular flexibility index (Phi) is 4.78. The molecule has 0 saturated carbocycles. The minimum Gasteiger partial charge on any atom is -0.302 e. The Bertz CT molecular complexity index is 559. The van der Waals surface area contributed by atoms with Crippen molar-refractivity contribution < 1.29 is 0 Å². The van der Waals surface area contributed by atoms with Gasteiger partial charge in [-0.15, -0.1) is 0 Å². The van der Waals surface area contributed by atoms with Crippen LogP contribution in [0.3, 0.4) is 0 Å². The van der Waals surface area contributed by atoms with Crippen molar-refractivity contribution in [3.63, 3.8) is 0 Å². The summed E-state index contributed by atoms with van der Waals surface area (Å²) in [5.41, 5.74) is 6.52. The standard InChI is InChI=1S/C18H25N3/c1-18(2,21(3)4)17(20-19)16-12-10-15(11-13-16)14-8-6-5-7-9-14/h5-13,17,20H,19H2,1-4H3. The van der Waals surface area contributed by atoms with Gasteiger partial charge in [-0.3, -0.25) is 11.3 Å². The van der Waals surface area contributed by atoms with E-state index in [2.05, 4.69) is 86.8 Å². The fourth-order valence-electron chi connectivity index (χ4n) is 2.46. The normalized spacial score (nSPS) is 13.4. The van der Waals surface area contributed by atoms with Crippen LogP contribution in [-0.4, -0.2) is 24.5 Å². The molecule has 3 nitrogen and oxygen atoms in total. The molecule has 0 heterocycles. The largest absolute Gasteiger partial charge is 0.302 e. The van der Waals surface area contributed by atoms with Crippen LogP contribution < -0.4 is 11.3 Å². The molecular weight excluding hydrogens is 258 g/mol. The van der Waals surface area contributed by atoms with Gasteiger partial charge in [0.25, 0.3) is 0 Å². The van der Waals surface area contributed by atoms with Crippen LogP contribution in [0.5, 0.6) is 0 Å². The van der Waals surface area contributed by atoms with E-state index < -0.39 is 0 Å². The molecule has 3 N–H and O–H groups in total. The number of hydrogen-bond donors (Lipinski definition) is 2. The highest BCUT2D eigenvalue weighted by Crippen LogP contribution is 2.30. The summed E-state index contributed by atoms with van der Waals surface area (Å²) in [5, 5.41) is 0. The second kappa shape index (κ2) is 6.39. The minimum atomic E-state index is -0.0803. The second-order valence-corrected chi connectivity index (χ2v) is 6.14. The van der Waals surface area contributed by atoms with Crippen molar-refractivity contribution in [2.75, 3.05) is 14.1 Å². The quantitative estimate of drug-likeness (QED) is 0.654. The number of nitrogens with one attached hydrogen (secondary N) is 1. The number of nitrogens with two attached hydrogens (primary N) is 1. The van der Waals surface area contributed by atoms with Crippen LogP contribution in [0, 0.1) is 0 Å². The number of likely N-dealkylation sites (N-methyl/N-ethyl adjacent to an activating group) is 1. The molecule has 2 aromatic rings. The molecule has 0 aromatic heterocycles. The highest BCUT2D eigenvalue weighted by molar-refractivity contribution is 5.63. The van der Waals surface area contributed by atoms with Crippen LogP contribution in [0.4, 0.5) is 0 Å². The Labute approximate surface area is 127 Å². The van der Waals surface area contributed by atoms with Gasteiger partial charge in [0.2, 0.25) is 0 Å². The number of benzene rings is 2. The van der Waals surface area contributed by atoms with Gasteiger partial charge in [-0.25, -0.2) is 0 Å². The van der Waals surface area contributed by atoms with Gasteiger partial charge >= 0.3 is 0 Å². The first-order valence-corrected chi connectivity index (χ1v) is 7.25. The Hall–Kier alpha value is -1.68. The molecule has 0 radical (unpaired) electrons. The monoisotopic (exact) mass is 283 g/mol. The Morgan fingerprint density at radius 2 is 1.43 bits per heavy atom. The van der Waals surface area contributed by atoms with Crippen LogP contribution in [0.15, 0.2) is 54.6 Å². The van der Waals surface area contributed by atoms with Crippen molar-refractivity contribution in [2.45, 2.75) is 25.4 Å². The zero-order chi connectivity index (χ0) is 15.5. The summed E-state index contributed by atoms with van der Waals surface area (Å²) in [6.45, 7) is 4.37. The smallest absolute Gasteiger partial charge is 0.0638 e. The predicted molar refractivity (Wildman–Crippen MR) is 89.7 cm³/mol. The van der Waals surface area contributed by atoms with Crippen LogP contribution in [0.1, 0.15) is 25.5 Å². The molecule has 1 atom stereocenters. The van der Waals surface area contributed by atoms with Gasteiger partial charge in [0.1, 0.15) is 0 Å². The van der Waals surface area contributed by atoms with E-state index >= 15 is 0 Å². The van der Waals surface area contributed by atoms with E-state index in [1.165, 1.54) is 16.7 Å². The third-order valence-electron chi connectivity index (χ3n) is 4.38. The zero-order valence-electron chi connectivity index (χ0n) is 13.3. The zero-order valence-corrected chi connectivity index (χ0v) is 13.3. The Morgan fingerprint density at radius 3 is 1.90 bits per heavy atom. The van der Waals surface area contributed by atoms with Gasteiger partial charge in [0.05, 0.1) is 6.04 Å².